The van der Waals surface area contributed by atoms with Gasteiger partial charge in [-0.25, -0.2) is 4.68 Å². The van der Waals surface area contributed by atoms with Crippen molar-refractivity contribution >= 4 is 0 Å². The van der Waals surface area contributed by atoms with Crippen LogP contribution in [0.1, 0.15) is 43.2 Å². The van der Waals surface area contributed by atoms with Gasteiger partial charge in [0.25, 0.3) is 0 Å². The number of benzene rings is 1. The highest BCUT2D eigenvalue weighted by Crippen LogP contribution is 2.27. The second-order valence-electron chi connectivity index (χ2n) is 7.35. The predicted octanol–water partition coefficient (Wildman–Crippen LogP) is 2.57. The minimum absolute atomic E-state index is 0.351. The Morgan fingerprint density at radius 2 is 1.89 bits per heavy atom. The minimum Gasteiger partial charge on any atom is -0.387 e. The Balaban J connectivity index is 1.41. The lowest BCUT2D eigenvalue weighted by atomic mass is 10.0. The van der Waals surface area contributed by atoms with Crippen molar-refractivity contribution in [2.45, 2.75) is 38.5 Å². The van der Waals surface area contributed by atoms with Gasteiger partial charge in [-0.15, -0.1) is 5.10 Å². The van der Waals surface area contributed by atoms with Crippen LogP contribution in [0.3, 0.4) is 0 Å². The number of aryl methyl sites for hydroxylation is 1. The van der Waals surface area contributed by atoms with E-state index in [1.54, 1.807) is 6.92 Å². The zero-order valence-corrected chi connectivity index (χ0v) is 15.9. The van der Waals surface area contributed by atoms with Gasteiger partial charge >= 0.3 is 0 Å². The van der Waals surface area contributed by atoms with Gasteiger partial charge in [-0.2, -0.15) is 5.10 Å². The van der Waals surface area contributed by atoms with Crippen molar-refractivity contribution in [3.8, 4) is 11.3 Å². The molecular weight excluding hydrogens is 340 g/mol. The number of aromatic nitrogens is 5. The lowest BCUT2D eigenvalue weighted by molar-refractivity contribution is 0.172. The van der Waals surface area contributed by atoms with Crippen molar-refractivity contribution < 1.29 is 5.11 Å². The van der Waals surface area contributed by atoms with Gasteiger partial charge in [0.15, 0.2) is 0 Å². The fourth-order valence-electron chi connectivity index (χ4n) is 3.74. The third-order valence-electron chi connectivity index (χ3n) is 5.23. The van der Waals surface area contributed by atoms with Crippen LogP contribution < -0.4 is 0 Å². The zero-order valence-electron chi connectivity index (χ0n) is 15.9. The van der Waals surface area contributed by atoms with Crippen molar-refractivity contribution in [3.63, 3.8) is 0 Å². The molecule has 0 bridgehead atoms. The lowest BCUT2D eigenvalue weighted by Gasteiger charge is -2.31. The number of likely N-dealkylation sites (tertiary alicyclic amines) is 1. The van der Waals surface area contributed by atoms with Gasteiger partial charge < -0.3 is 5.11 Å². The maximum Gasteiger partial charge on any atom is 0.111 e. The number of aliphatic hydroxyl groups excluding tert-OH is 1. The Bertz CT molecular complexity index is 877. The summed E-state index contributed by atoms with van der Waals surface area (Å²) in [6, 6.07) is 10.7. The average Bonchev–Trinajstić information content (AvgIpc) is 3.30. The van der Waals surface area contributed by atoms with Gasteiger partial charge in [-0.1, -0.05) is 35.5 Å². The average molecular weight is 366 g/mol. The molecule has 7 heteroatoms. The van der Waals surface area contributed by atoms with Crippen molar-refractivity contribution in [3.05, 3.63) is 54.0 Å². The Kier molecular flexibility index (Phi) is 5.05. The van der Waals surface area contributed by atoms with E-state index in [2.05, 4.69) is 50.8 Å². The molecule has 1 atom stereocenters. The van der Waals surface area contributed by atoms with Crippen molar-refractivity contribution in [1.82, 2.24) is 29.7 Å². The van der Waals surface area contributed by atoms with Gasteiger partial charge in [0, 0.05) is 44.0 Å². The van der Waals surface area contributed by atoms with E-state index in [0.29, 0.717) is 11.7 Å². The van der Waals surface area contributed by atoms with Gasteiger partial charge in [-0.3, -0.25) is 9.58 Å². The van der Waals surface area contributed by atoms with Crippen LogP contribution in [0.25, 0.3) is 11.3 Å². The maximum atomic E-state index is 9.63. The minimum atomic E-state index is -0.569. The maximum absolute atomic E-state index is 9.63. The molecule has 1 aliphatic heterocycles. The molecule has 27 heavy (non-hydrogen) atoms. The largest absolute Gasteiger partial charge is 0.387 e. The molecule has 0 aliphatic carbocycles. The van der Waals surface area contributed by atoms with E-state index in [9.17, 15) is 5.11 Å². The molecule has 4 rings (SSSR count). The van der Waals surface area contributed by atoms with E-state index in [4.69, 9.17) is 0 Å². The summed E-state index contributed by atoms with van der Waals surface area (Å²) in [4.78, 5) is 2.48. The molecule has 0 radical (unpaired) electrons. The predicted molar refractivity (Wildman–Crippen MR) is 103 cm³/mol. The molecule has 0 spiro atoms. The molecule has 2 aromatic heterocycles. The van der Waals surface area contributed by atoms with Gasteiger partial charge in [0.05, 0.1) is 24.0 Å². The summed E-state index contributed by atoms with van der Waals surface area (Å²) in [6.45, 7) is 4.64. The highest BCUT2D eigenvalue weighted by Gasteiger charge is 2.23. The molecule has 3 heterocycles. The topological polar surface area (TPSA) is 72.0 Å². The Hall–Kier alpha value is -2.51. The standard InChI is InChI=1S/C20H26N6O/c1-15(27)19-14-26(23-21-19)18-8-10-25(11-9-18)13-17-12-24(2)22-20(17)16-6-4-3-5-7-16/h3-7,12,14-15,18,27H,8-11,13H2,1-2H3. The molecule has 142 valence electrons. The van der Waals surface area contributed by atoms with Crippen LogP contribution in [-0.2, 0) is 13.6 Å². The van der Waals surface area contributed by atoms with E-state index >= 15 is 0 Å². The fraction of sp³-hybridized carbons (Fsp3) is 0.450. The van der Waals surface area contributed by atoms with Gasteiger partial charge in [-0.05, 0) is 19.8 Å². The Morgan fingerprint density at radius 1 is 1.15 bits per heavy atom. The van der Waals surface area contributed by atoms with Crippen molar-refractivity contribution in [2.24, 2.45) is 7.05 Å². The summed E-state index contributed by atoms with van der Waals surface area (Å²) >= 11 is 0. The first-order valence-corrected chi connectivity index (χ1v) is 9.50. The molecule has 3 aromatic rings. The number of aliphatic hydroxyl groups is 1. The monoisotopic (exact) mass is 366 g/mol. The molecule has 0 amide bonds. The number of hydrogen-bond donors (Lipinski definition) is 1. The summed E-state index contributed by atoms with van der Waals surface area (Å²) in [7, 11) is 1.98. The molecule has 1 aromatic carbocycles. The number of rotatable bonds is 5. The van der Waals surface area contributed by atoms with Crippen LogP contribution in [0.4, 0.5) is 0 Å². The quantitative estimate of drug-likeness (QED) is 0.751. The fourth-order valence-corrected chi connectivity index (χ4v) is 3.74. The molecule has 0 saturated carbocycles. The van der Waals surface area contributed by atoms with Gasteiger partial charge in [0.2, 0.25) is 0 Å². The third kappa shape index (κ3) is 3.94. The SMILES string of the molecule is CC(O)c1cn(C2CCN(Cc3cn(C)nc3-c3ccccc3)CC2)nn1. The Labute approximate surface area is 159 Å². The van der Waals surface area contributed by atoms with Crippen LogP contribution in [0.15, 0.2) is 42.7 Å². The second-order valence-corrected chi connectivity index (χ2v) is 7.35. The van der Waals surface area contributed by atoms with E-state index in [-0.39, 0.29) is 0 Å². The first kappa shape index (κ1) is 17.9. The van der Waals surface area contributed by atoms with Crippen LogP contribution in [0, 0.1) is 0 Å². The van der Waals surface area contributed by atoms with Crippen LogP contribution in [0.5, 0.6) is 0 Å². The van der Waals surface area contributed by atoms with E-state index in [1.165, 1.54) is 5.56 Å². The number of piperidine rings is 1. The first-order chi connectivity index (χ1) is 13.1. The van der Waals surface area contributed by atoms with E-state index in [1.807, 2.05) is 28.7 Å². The molecule has 1 fully saturated rings. The Morgan fingerprint density at radius 3 is 2.56 bits per heavy atom. The lowest BCUT2D eigenvalue weighted by Crippen LogP contribution is -2.34. The molecule has 1 N–H and O–H groups in total. The van der Waals surface area contributed by atoms with Crippen LogP contribution in [0.2, 0.25) is 0 Å². The number of hydrogen-bond acceptors (Lipinski definition) is 5. The molecule has 1 aliphatic rings. The van der Waals surface area contributed by atoms with E-state index in [0.717, 1.165) is 43.7 Å². The smallest absolute Gasteiger partial charge is 0.111 e. The number of nitrogens with zero attached hydrogens (tertiary/aromatic N) is 6. The van der Waals surface area contributed by atoms with E-state index < -0.39 is 6.10 Å². The first-order valence-electron chi connectivity index (χ1n) is 9.50. The van der Waals surface area contributed by atoms with Gasteiger partial charge in [0.1, 0.15) is 5.69 Å². The molecule has 1 unspecified atom stereocenters. The molecule has 7 nitrogen and oxygen atoms in total. The summed E-state index contributed by atoms with van der Waals surface area (Å²) in [5.74, 6) is 0. The van der Waals surface area contributed by atoms with Crippen LogP contribution >= 0.6 is 0 Å². The molecule has 1 saturated heterocycles. The zero-order chi connectivity index (χ0) is 18.8. The second kappa shape index (κ2) is 7.62. The highest BCUT2D eigenvalue weighted by atomic mass is 16.3. The van der Waals surface area contributed by atoms with Crippen molar-refractivity contribution in [2.75, 3.05) is 13.1 Å². The third-order valence-corrected chi connectivity index (χ3v) is 5.23. The van der Waals surface area contributed by atoms with Crippen LogP contribution in [-0.4, -0.2) is 47.9 Å². The molecular formula is C20H26N6O. The summed E-state index contributed by atoms with van der Waals surface area (Å²) in [6.07, 6.45) is 5.49. The summed E-state index contributed by atoms with van der Waals surface area (Å²) in [5.41, 5.74) is 4.13. The summed E-state index contributed by atoms with van der Waals surface area (Å²) in [5, 5.41) is 22.6. The van der Waals surface area contributed by atoms with Crippen molar-refractivity contribution in [1.29, 1.82) is 0 Å². The summed E-state index contributed by atoms with van der Waals surface area (Å²) < 4.78 is 3.82. The normalized spacial score (nSPS) is 17.3. The highest BCUT2D eigenvalue weighted by molar-refractivity contribution is 5.62.